The van der Waals surface area contributed by atoms with Crippen LogP contribution in [0.5, 0.6) is 0 Å². The largest absolute Gasteiger partial charge is 0.0870 e. The number of allylic oxidation sites excluding steroid dienone is 10. The molecule has 96 valence electrons. The molecule has 0 radical (unpaired) electrons. The molecule has 0 heteroatoms. The van der Waals surface area contributed by atoms with Crippen LogP contribution in [0.25, 0.3) is 0 Å². The van der Waals surface area contributed by atoms with Gasteiger partial charge < -0.3 is 0 Å². The van der Waals surface area contributed by atoms with E-state index >= 15 is 0 Å². The molecule has 0 atom stereocenters. The summed E-state index contributed by atoms with van der Waals surface area (Å²) in [5.74, 6) is 0. The lowest BCUT2D eigenvalue weighted by Crippen LogP contribution is -1.78. The number of rotatable bonds is 2. The Kier molecular flexibility index (Phi) is 15.6. The third kappa shape index (κ3) is 8.50. The van der Waals surface area contributed by atoms with Gasteiger partial charge in [0.15, 0.2) is 0 Å². The molecule has 0 aromatic heterocycles. The quantitative estimate of drug-likeness (QED) is 0.547. The molecule has 0 nitrogen and oxygen atoms in total. The summed E-state index contributed by atoms with van der Waals surface area (Å²) in [5.41, 5.74) is 2.57. The summed E-state index contributed by atoms with van der Waals surface area (Å²) in [6, 6.07) is 0. The second kappa shape index (κ2) is 14.7. The Morgan fingerprint density at radius 1 is 0.765 bits per heavy atom. The van der Waals surface area contributed by atoms with Crippen LogP contribution in [-0.2, 0) is 0 Å². The van der Waals surface area contributed by atoms with E-state index in [0.29, 0.717) is 0 Å². The SMILES string of the molecule is C/C=C\C1=C(/C=C\C)C=CCC=C1.CC.CC. The molecule has 0 N–H and O–H groups in total. The van der Waals surface area contributed by atoms with Gasteiger partial charge in [-0.05, 0) is 31.4 Å². The topological polar surface area (TPSA) is 0 Å². The highest BCUT2D eigenvalue weighted by molar-refractivity contribution is 5.47. The van der Waals surface area contributed by atoms with Crippen molar-refractivity contribution in [2.24, 2.45) is 0 Å². The predicted octanol–water partition coefficient (Wildman–Crippen LogP) is 6.00. The zero-order chi connectivity index (χ0) is 13.5. The molecule has 1 aliphatic rings. The maximum Gasteiger partial charge on any atom is -0.0162 e. The van der Waals surface area contributed by atoms with Gasteiger partial charge in [0.1, 0.15) is 0 Å². The summed E-state index contributed by atoms with van der Waals surface area (Å²) < 4.78 is 0. The normalized spacial score (nSPS) is 14.2. The standard InChI is InChI=1S/C13H16.2C2H6/c1-3-8-12-10-6-5-7-11-13(12)9-4-2;2*1-2/h3-4,6-11H,5H2,1-2H3;2*1-2H3/b8-3-,9-4-;;. The Labute approximate surface area is 108 Å². The highest BCUT2D eigenvalue weighted by atomic mass is 14.0. The summed E-state index contributed by atoms with van der Waals surface area (Å²) in [6.45, 7) is 12.1. The van der Waals surface area contributed by atoms with E-state index in [1.807, 2.05) is 41.5 Å². The van der Waals surface area contributed by atoms with Gasteiger partial charge >= 0.3 is 0 Å². The maximum absolute atomic E-state index is 2.18. The van der Waals surface area contributed by atoms with Gasteiger partial charge in [0.25, 0.3) is 0 Å². The summed E-state index contributed by atoms with van der Waals surface area (Å²) >= 11 is 0. The third-order valence-electron chi connectivity index (χ3n) is 1.89. The molecule has 0 unspecified atom stereocenters. The van der Waals surface area contributed by atoms with E-state index in [1.165, 1.54) is 11.1 Å². The van der Waals surface area contributed by atoms with Gasteiger partial charge in [-0.25, -0.2) is 0 Å². The molecule has 1 rings (SSSR count). The molecule has 0 fully saturated rings. The zero-order valence-electron chi connectivity index (χ0n) is 12.3. The molecule has 0 aromatic carbocycles. The third-order valence-corrected chi connectivity index (χ3v) is 1.89. The Morgan fingerprint density at radius 3 is 1.41 bits per heavy atom. The average molecular weight is 232 g/mol. The molecule has 0 saturated heterocycles. The van der Waals surface area contributed by atoms with Crippen LogP contribution in [-0.4, -0.2) is 0 Å². The smallest absolute Gasteiger partial charge is 0.0162 e. The van der Waals surface area contributed by atoms with Crippen molar-refractivity contribution in [2.45, 2.75) is 48.0 Å². The van der Waals surface area contributed by atoms with Crippen LogP contribution < -0.4 is 0 Å². The Morgan fingerprint density at radius 2 is 1.12 bits per heavy atom. The molecule has 0 aromatic rings. The van der Waals surface area contributed by atoms with Gasteiger partial charge in [-0.1, -0.05) is 76.3 Å². The molecule has 0 heterocycles. The zero-order valence-corrected chi connectivity index (χ0v) is 12.3. The summed E-state index contributed by atoms with van der Waals surface area (Å²) in [6.07, 6.45) is 18.2. The molecule has 0 spiro atoms. The summed E-state index contributed by atoms with van der Waals surface area (Å²) in [4.78, 5) is 0. The number of hydrogen-bond acceptors (Lipinski definition) is 0. The maximum atomic E-state index is 2.18. The van der Waals surface area contributed by atoms with Gasteiger partial charge in [0, 0.05) is 0 Å². The van der Waals surface area contributed by atoms with Crippen molar-refractivity contribution in [3.63, 3.8) is 0 Å². The van der Waals surface area contributed by atoms with Gasteiger partial charge in [-0.15, -0.1) is 0 Å². The fourth-order valence-electron chi connectivity index (χ4n) is 1.32. The number of hydrogen-bond donors (Lipinski definition) is 0. The first-order chi connectivity index (χ1) is 8.38. The van der Waals surface area contributed by atoms with E-state index in [0.717, 1.165) is 6.42 Å². The molecule has 0 aliphatic heterocycles. The highest BCUT2D eigenvalue weighted by Gasteiger charge is 1.95. The van der Waals surface area contributed by atoms with E-state index in [1.54, 1.807) is 0 Å². The monoisotopic (exact) mass is 232 g/mol. The highest BCUT2D eigenvalue weighted by Crippen LogP contribution is 2.15. The predicted molar refractivity (Wildman–Crippen MR) is 82.2 cm³/mol. The first kappa shape index (κ1) is 18.1. The molecule has 17 heavy (non-hydrogen) atoms. The van der Waals surface area contributed by atoms with Crippen LogP contribution in [0.2, 0.25) is 0 Å². The lowest BCUT2D eigenvalue weighted by atomic mass is 10.1. The van der Waals surface area contributed by atoms with E-state index in [9.17, 15) is 0 Å². The van der Waals surface area contributed by atoms with E-state index < -0.39 is 0 Å². The van der Waals surface area contributed by atoms with Crippen molar-refractivity contribution >= 4 is 0 Å². The minimum atomic E-state index is 1.03. The molecule has 1 aliphatic carbocycles. The minimum absolute atomic E-state index is 1.03. The van der Waals surface area contributed by atoms with Crippen molar-refractivity contribution < 1.29 is 0 Å². The van der Waals surface area contributed by atoms with Crippen molar-refractivity contribution in [2.75, 3.05) is 0 Å². The second-order valence-corrected chi connectivity index (χ2v) is 2.95. The Bertz CT molecular complexity index is 266. The van der Waals surface area contributed by atoms with Gasteiger partial charge in [0.2, 0.25) is 0 Å². The second-order valence-electron chi connectivity index (χ2n) is 2.95. The Balaban J connectivity index is 0. The first-order valence-corrected chi connectivity index (χ1v) is 6.71. The molecule has 0 amide bonds. The first-order valence-electron chi connectivity index (χ1n) is 6.71. The summed E-state index contributed by atoms with van der Waals surface area (Å²) in [5, 5.41) is 0. The average Bonchev–Trinajstić information content (AvgIpc) is 2.61. The van der Waals surface area contributed by atoms with E-state index in [-0.39, 0.29) is 0 Å². The van der Waals surface area contributed by atoms with Crippen molar-refractivity contribution in [3.8, 4) is 0 Å². The van der Waals surface area contributed by atoms with Gasteiger partial charge in [0.05, 0.1) is 0 Å². The van der Waals surface area contributed by atoms with Crippen LogP contribution in [0.4, 0.5) is 0 Å². The van der Waals surface area contributed by atoms with Crippen molar-refractivity contribution in [1.82, 2.24) is 0 Å². The Hall–Kier alpha value is -1.30. The van der Waals surface area contributed by atoms with E-state index in [4.69, 9.17) is 0 Å². The van der Waals surface area contributed by atoms with Crippen LogP contribution in [0.15, 0.2) is 59.8 Å². The van der Waals surface area contributed by atoms with Crippen molar-refractivity contribution in [3.05, 3.63) is 59.8 Å². The fraction of sp³-hybridized carbons (Fsp3) is 0.412. The fourth-order valence-corrected chi connectivity index (χ4v) is 1.32. The molecule has 0 bridgehead atoms. The van der Waals surface area contributed by atoms with Crippen LogP contribution >= 0.6 is 0 Å². The lowest BCUT2D eigenvalue weighted by Gasteiger charge is -1.97. The van der Waals surface area contributed by atoms with Crippen LogP contribution in [0, 0.1) is 0 Å². The minimum Gasteiger partial charge on any atom is -0.0870 e. The molecule has 0 saturated carbocycles. The van der Waals surface area contributed by atoms with E-state index in [2.05, 4.69) is 48.6 Å². The van der Waals surface area contributed by atoms with Gasteiger partial charge in [-0.3, -0.25) is 0 Å². The summed E-state index contributed by atoms with van der Waals surface area (Å²) in [7, 11) is 0. The van der Waals surface area contributed by atoms with Gasteiger partial charge in [-0.2, -0.15) is 0 Å². The van der Waals surface area contributed by atoms with Crippen LogP contribution in [0.3, 0.4) is 0 Å². The van der Waals surface area contributed by atoms with Crippen LogP contribution in [0.1, 0.15) is 48.0 Å². The molecular formula is C17H28. The lowest BCUT2D eigenvalue weighted by molar-refractivity contribution is 1.40. The van der Waals surface area contributed by atoms with Crippen molar-refractivity contribution in [1.29, 1.82) is 0 Å². The molecular weight excluding hydrogens is 204 g/mol.